The average molecular weight is 227 g/mol. The van der Waals surface area contributed by atoms with E-state index < -0.39 is 17.9 Å². The van der Waals surface area contributed by atoms with Crippen LogP contribution in [0.25, 0.3) is 0 Å². The molecular formula is C10H13NO5. The van der Waals surface area contributed by atoms with E-state index in [9.17, 15) is 9.59 Å². The molecule has 0 spiro atoms. The molecule has 0 saturated heterocycles. The summed E-state index contributed by atoms with van der Waals surface area (Å²) in [4.78, 5) is 22.7. The van der Waals surface area contributed by atoms with Crippen molar-refractivity contribution in [2.24, 2.45) is 5.92 Å². The van der Waals surface area contributed by atoms with Crippen molar-refractivity contribution in [1.82, 2.24) is 5.16 Å². The van der Waals surface area contributed by atoms with Crippen LogP contribution in [-0.4, -0.2) is 31.3 Å². The predicted octanol–water partition coefficient (Wildman–Crippen LogP) is 0.488. The molecule has 0 aliphatic rings. The van der Waals surface area contributed by atoms with Crippen LogP contribution in [0.5, 0.6) is 0 Å². The van der Waals surface area contributed by atoms with Crippen molar-refractivity contribution in [3.05, 3.63) is 17.5 Å². The number of ether oxygens (including phenoxy) is 2. The molecular weight excluding hydrogens is 214 g/mol. The molecule has 0 N–H and O–H groups in total. The van der Waals surface area contributed by atoms with E-state index in [1.54, 1.807) is 13.0 Å². The Labute approximate surface area is 92.5 Å². The number of carbonyl (C=O) groups is 2. The zero-order valence-electron chi connectivity index (χ0n) is 9.35. The van der Waals surface area contributed by atoms with Gasteiger partial charge in [-0.2, -0.15) is 0 Å². The molecule has 88 valence electrons. The highest BCUT2D eigenvalue weighted by molar-refractivity contribution is 5.95. The maximum Gasteiger partial charge on any atom is 0.320 e. The summed E-state index contributed by atoms with van der Waals surface area (Å²) in [6.07, 6.45) is 0.108. The topological polar surface area (TPSA) is 78.6 Å². The first-order valence-corrected chi connectivity index (χ1v) is 4.66. The molecule has 0 aliphatic heterocycles. The van der Waals surface area contributed by atoms with E-state index >= 15 is 0 Å². The van der Waals surface area contributed by atoms with Gasteiger partial charge in [-0.3, -0.25) is 9.59 Å². The van der Waals surface area contributed by atoms with Crippen LogP contribution in [0.2, 0.25) is 0 Å². The molecule has 1 aromatic rings. The van der Waals surface area contributed by atoms with Crippen LogP contribution in [0.3, 0.4) is 0 Å². The molecule has 1 aromatic heterocycles. The first-order chi connectivity index (χ1) is 7.58. The molecule has 0 unspecified atom stereocenters. The number of hydrogen-bond donors (Lipinski definition) is 0. The van der Waals surface area contributed by atoms with E-state index in [4.69, 9.17) is 4.52 Å². The molecule has 6 heteroatoms. The van der Waals surface area contributed by atoms with Gasteiger partial charge < -0.3 is 14.0 Å². The second-order valence-electron chi connectivity index (χ2n) is 3.23. The minimum absolute atomic E-state index is 0.108. The van der Waals surface area contributed by atoms with Gasteiger partial charge in [0.2, 0.25) is 0 Å². The van der Waals surface area contributed by atoms with Crippen LogP contribution >= 0.6 is 0 Å². The molecule has 6 nitrogen and oxygen atoms in total. The molecule has 0 atom stereocenters. The summed E-state index contributed by atoms with van der Waals surface area (Å²) >= 11 is 0. The van der Waals surface area contributed by atoms with E-state index in [0.29, 0.717) is 11.5 Å². The monoisotopic (exact) mass is 227 g/mol. The van der Waals surface area contributed by atoms with Gasteiger partial charge in [0.15, 0.2) is 5.92 Å². The van der Waals surface area contributed by atoms with E-state index in [2.05, 4.69) is 14.6 Å². The quantitative estimate of drug-likeness (QED) is 0.550. The minimum atomic E-state index is -1.00. The number of aromatic nitrogens is 1. The van der Waals surface area contributed by atoms with Gasteiger partial charge in [-0.15, -0.1) is 0 Å². The van der Waals surface area contributed by atoms with Crippen LogP contribution in [0.4, 0.5) is 0 Å². The first kappa shape index (κ1) is 12.2. The molecule has 1 rings (SSSR count). The predicted molar refractivity (Wildman–Crippen MR) is 52.5 cm³/mol. The summed E-state index contributed by atoms with van der Waals surface area (Å²) < 4.78 is 13.9. The first-order valence-electron chi connectivity index (χ1n) is 4.66. The molecule has 1 heterocycles. The lowest BCUT2D eigenvalue weighted by Gasteiger charge is -2.10. The van der Waals surface area contributed by atoms with Gasteiger partial charge in [-0.1, -0.05) is 5.16 Å². The summed E-state index contributed by atoms with van der Waals surface area (Å²) in [5.41, 5.74) is 0.512. The third-order valence-corrected chi connectivity index (χ3v) is 2.06. The average Bonchev–Trinajstić information content (AvgIpc) is 2.69. The van der Waals surface area contributed by atoms with E-state index in [-0.39, 0.29) is 6.42 Å². The van der Waals surface area contributed by atoms with Crippen LogP contribution in [0.15, 0.2) is 10.6 Å². The highest BCUT2D eigenvalue weighted by atomic mass is 16.5. The van der Waals surface area contributed by atoms with Crippen LogP contribution in [0, 0.1) is 12.8 Å². The standard InChI is InChI=1S/C10H13NO5/c1-6-4-7(11-16-6)5-8(9(12)14-2)10(13)15-3/h4,8H,5H2,1-3H3. The number of hydrogen-bond acceptors (Lipinski definition) is 6. The van der Waals surface area contributed by atoms with Crippen molar-refractivity contribution in [2.45, 2.75) is 13.3 Å². The molecule has 0 aliphatic carbocycles. The van der Waals surface area contributed by atoms with Crippen molar-refractivity contribution in [3.63, 3.8) is 0 Å². The Morgan fingerprint density at radius 2 is 1.94 bits per heavy atom. The molecule has 0 fully saturated rings. The summed E-state index contributed by atoms with van der Waals surface area (Å²) in [5, 5.41) is 3.70. The molecule has 0 bridgehead atoms. The van der Waals surface area contributed by atoms with Crippen molar-refractivity contribution in [1.29, 1.82) is 0 Å². The normalized spacial score (nSPS) is 10.2. The highest BCUT2D eigenvalue weighted by Crippen LogP contribution is 2.12. The smallest absolute Gasteiger partial charge is 0.320 e. The third-order valence-electron chi connectivity index (χ3n) is 2.06. The number of esters is 2. The number of carbonyl (C=O) groups excluding carboxylic acids is 2. The Bertz CT molecular complexity index is 368. The third kappa shape index (κ3) is 2.82. The summed E-state index contributed by atoms with van der Waals surface area (Å²) in [7, 11) is 2.43. The highest BCUT2D eigenvalue weighted by Gasteiger charge is 2.29. The van der Waals surface area contributed by atoms with Gasteiger partial charge in [0.25, 0.3) is 0 Å². The van der Waals surface area contributed by atoms with Crippen molar-refractivity contribution < 1.29 is 23.6 Å². The SMILES string of the molecule is COC(=O)C(Cc1cc(C)on1)C(=O)OC. The lowest BCUT2D eigenvalue weighted by Crippen LogP contribution is -2.28. The Morgan fingerprint density at radius 3 is 2.31 bits per heavy atom. The number of rotatable bonds is 4. The fourth-order valence-corrected chi connectivity index (χ4v) is 1.27. The van der Waals surface area contributed by atoms with Crippen LogP contribution in [-0.2, 0) is 25.5 Å². The van der Waals surface area contributed by atoms with Gasteiger partial charge in [-0.05, 0) is 6.92 Å². The fourth-order valence-electron chi connectivity index (χ4n) is 1.27. The fraction of sp³-hybridized carbons (Fsp3) is 0.500. The Balaban J connectivity index is 2.78. The summed E-state index contributed by atoms with van der Waals surface area (Å²) in [5.74, 6) is -1.68. The van der Waals surface area contributed by atoms with Crippen LogP contribution < -0.4 is 0 Å². The van der Waals surface area contributed by atoms with E-state index in [0.717, 1.165) is 0 Å². The zero-order chi connectivity index (χ0) is 12.1. The summed E-state index contributed by atoms with van der Waals surface area (Å²) in [6, 6.07) is 1.65. The van der Waals surface area contributed by atoms with E-state index in [1.807, 2.05) is 0 Å². The Kier molecular flexibility index (Phi) is 4.04. The maximum atomic E-state index is 11.3. The Hall–Kier alpha value is -1.85. The second-order valence-corrected chi connectivity index (χ2v) is 3.23. The van der Waals surface area contributed by atoms with Gasteiger partial charge >= 0.3 is 11.9 Å². The molecule has 0 amide bonds. The van der Waals surface area contributed by atoms with Gasteiger partial charge in [0.05, 0.1) is 19.9 Å². The Morgan fingerprint density at radius 1 is 1.38 bits per heavy atom. The van der Waals surface area contributed by atoms with Gasteiger partial charge in [-0.25, -0.2) is 0 Å². The number of aryl methyl sites for hydroxylation is 1. The van der Waals surface area contributed by atoms with Crippen molar-refractivity contribution in [3.8, 4) is 0 Å². The molecule has 0 saturated carbocycles. The maximum absolute atomic E-state index is 11.3. The lowest BCUT2D eigenvalue weighted by atomic mass is 10.0. The second kappa shape index (κ2) is 5.29. The largest absolute Gasteiger partial charge is 0.468 e. The number of nitrogens with zero attached hydrogens (tertiary/aromatic N) is 1. The van der Waals surface area contributed by atoms with Gasteiger partial charge in [0, 0.05) is 12.5 Å². The summed E-state index contributed by atoms with van der Waals surface area (Å²) in [6.45, 7) is 1.72. The lowest BCUT2D eigenvalue weighted by molar-refractivity contribution is -0.158. The number of methoxy groups -OCH3 is 2. The minimum Gasteiger partial charge on any atom is -0.468 e. The van der Waals surface area contributed by atoms with E-state index in [1.165, 1.54) is 14.2 Å². The van der Waals surface area contributed by atoms with Crippen molar-refractivity contribution >= 4 is 11.9 Å². The van der Waals surface area contributed by atoms with Crippen LogP contribution in [0.1, 0.15) is 11.5 Å². The van der Waals surface area contributed by atoms with Gasteiger partial charge in [0.1, 0.15) is 5.76 Å². The molecule has 0 aromatic carbocycles. The zero-order valence-corrected chi connectivity index (χ0v) is 9.35. The molecule has 0 radical (unpaired) electrons. The molecule has 16 heavy (non-hydrogen) atoms. The van der Waals surface area contributed by atoms with Crippen molar-refractivity contribution in [2.75, 3.05) is 14.2 Å².